The molecule has 6 heteroatoms. The van der Waals surface area contributed by atoms with Crippen molar-refractivity contribution in [1.29, 1.82) is 0 Å². The van der Waals surface area contributed by atoms with Crippen LogP contribution in [0.25, 0.3) is 0 Å². The van der Waals surface area contributed by atoms with Crippen molar-refractivity contribution in [3.05, 3.63) is 54.7 Å². The van der Waals surface area contributed by atoms with Gasteiger partial charge in [0.25, 0.3) is 0 Å². The van der Waals surface area contributed by atoms with Crippen LogP contribution < -0.4 is 0 Å². The lowest BCUT2D eigenvalue weighted by atomic mass is 10.2. The molecule has 2 rings (SSSR count). The Labute approximate surface area is 135 Å². The highest BCUT2D eigenvalue weighted by atomic mass is 127. The number of phenols is 1. The Kier molecular flexibility index (Phi) is 4.71. The second-order valence-electron chi connectivity index (χ2n) is 3.65. The molecule has 98 valence electrons. The van der Waals surface area contributed by atoms with Crippen molar-refractivity contribution >= 4 is 57.1 Å². The molecule has 0 aliphatic rings. The van der Waals surface area contributed by atoms with Crippen LogP contribution >= 0.6 is 45.2 Å². The molecule has 2 nitrogen and oxygen atoms in total. The summed E-state index contributed by atoms with van der Waals surface area (Å²) < 4.78 is 28.3. The summed E-state index contributed by atoms with van der Waals surface area (Å²) in [7, 11) is 0. The Morgan fingerprint density at radius 2 is 1.74 bits per heavy atom. The number of hydrogen-bond acceptors (Lipinski definition) is 2. The van der Waals surface area contributed by atoms with Crippen LogP contribution in [0.15, 0.2) is 35.3 Å². The zero-order valence-electron chi connectivity index (χ0n) is 9.37. The number of phenolic OH excluding ortho intramolecular Hbond substituents is 1. The third-order valence-corrected chi connectivity index (χ3v) is 3.77. The Morgan fingerprint density at radius 1 is 1.11 bits per heavy atom. The van der Waals surface area contributed by atoms with Crippen LogP contribution in [0.4, 0.5) is 14.5 Å². The van der Waals surface area contributed by atoms with Crippen LogP contribution in [-0.2, 0) is 0 Å². The van der Waals surface area contributed by atoms with Gasteiger partial charge in [-0.1, -0.05) is 6.07 Å². The highest BCUT2D eigenvalue weighted by molar-refractivity contribution is 14.1. The molecule has 0 fully saturated rings. The van der Waals surface area contributed by atoms with Gasteiger partial charge in [0, 0.05) is 15.3 Å². The minimum Gasteiger partial charge on any atom is -0.506 e. The largest absolute Gasteiger partial charge is 0.506 e. The van der Waals surface area contributed by atoms with E-state index in [4.69, 9.17) is 0 Å². The summed E-state index contributed by atoms with van der Waals surface area (Å²) >= 11 is 4.07. The normalized spacial score (nSPS) is 11.2. The average molecular weight is 485 g/mol. The van der Waals surface area contributed by atoms with Crippen LogP contribution in [0.2, 0.25) is 0 Å². The van der Waals surface area contributed by atoms with E-state index in [-0.39, 0.29) is 11.4 Å². The fourth-order valence-electron chi connectivity index (χ4n) is 1.43. The van der Waals surface area contributed by atoms with E-state index in [0.29, 0.717) is 9.13 Å². The van der Waals surface area contributed by atoms with Crippen molar-refractivity contribution in [3.63, 3.8) is 0 Å². The molecule has 0 aliphatic heterocycles. The summed E-state index contributed by atoms with van der Waals surface area (Å²) in [4.78, 5) is 3.78. The minimum absolute atomic E-state index is 0.0431. The molecule has 2 aromatic rings. The molecule has 19 heavy (non-hydrogen) atoms. The van der Waals surface area contributed by atoms with Crippen LogP contribution in [0.3, 0.4) is 0 Å². The molecule has 0 saturated heterocycles. The van der Waals surface area contributed by atoms with E-state index in [1.807, 2.05) is 22.6 Å². The molecule has 1 N–H and O–H groups in total. The summed E-state index contributed by atoms with van der Waals surface area (Å²) in [6, 6.07) is 7.01. The van der Waals surface area contributed by atoms with Gasteiger partial charge in [0.2, 0.25) is 0 Å². The lowest BCUT2D eigenvalue weighted by Gasteiger charge is -2.03. The number of aromatic hydroxyl groups is 1. The first-order valence-electron chi connectivity index (χ1n) is 5.15. The third-order valence-electron chi connectivity index (χ3n) is 2.33. The van der Waals surface area contributed by atoms with Gasteiger partial charge in [0.15, 0.2) is 11.6 Å². The minimum atomic E-state index is -0.740. The van der Waals surface area contributed by atoms with Gasteiger partial charge in [0.1, 0.15) is 11.4 Å². The van der Waals surface area contributed by atoms with Crippen LogP contribution in [0.1, 0.15) is 5.56 Å². The Hall–Kier alpha value is -0.770. The van der Waals surface area contributed by atoms with Gasteiger partial charge in [-0.25, -0.2) is 13.8 Å². The molecule has 0 bridgehead atoms. The van der Waals surface area contributed by atoms with E-state index < -0.39 is 11.6 Å². The Bertz CT molecular complexity index is 639. The van der Waals surface area contributed by atoms with Crippen LogP contribution in [-0.4, -0.2) is 11.3 Å². The number of benzene rings is 2. The molecule has 0 spiro atoms. The maximum absolute atomic E-state index is 13.4. The SMILES string of the molecule is Oc1c(I)cc(I)cc1C=Nc1c(F)cccc1F. The fourth-order valence-corrected chi connectivity index (χ4v) is 3.32. The van der Waals surface area contributed by atoms with Gasteiger partial charge in [0.05, 0.1) is 3.57 Å². The number of halogens is 4. The van der Waals surface area contributed by atoms with Crippen molar-refractivity contribution in [2.75, 3.05) is 0 Å². The van der Waals surface area contributed by atoms with Crippen LogP contribution in [0.5, 0.6) is 5.75 Å². The summed E-state index contributed by atoms with van der Waals surface area (Å²) in [5, 5.41) is 9.85. The molecular weight excluding hydrogens is 478 g/mol. The van der Waals surface area contributed by atoms with Gasteiger partial charge in [-0.2, -0.15) is 0 Å². The predicted molar refractivity (Wildman–Crippen MR) is 87.2 cm³/mol. The first kappa shape index (κ1) is 14.6. The van der Waals surface area contributed by atoms with Crippen LogP contribution in [0, 0.1) is 18.8 Å². The maximum Gasteiger partial charge on any atom is 0.151 e. The predicted octanol–water partition coefficient (Wildman–Crippen LogP) is 4.63. The standard InChI is InChI=1S/C13H7F2I2NO/c14-9-2-1-3-10(15)12(9)18-6-7-4-8(16)5-11(17)13(7)19/h1-6,19H. The monoisotopic (exact) mass is 485 g/mol. The first-order valence-corrected chi connectivity index (χ1v) is 7.31. The molecule has 0 heterocycles. The van der Waals surface area contributed by atoms with E-state index in [2.05, 4.69) is 27.6 Å². The number of rotatable bonds is 2. The molecule has 0 aromatic heterocycles. The van der Waals surface area contributed by atoms with Gasteiger partial charge in [-0.15, -0.1) is 0 Å². The van der Waals surface area contributed by atoms with Crippen molar-refractivity contribution in [2.45, 2.75) is 0 Å². The van der Waals surface area contributed by atoms with Gasteiger partial charge in [-0.05, 0) is 69.4 Å². The second kappa shape index (κ2) is 6.12. The lowest BCUT2D eigenvalue weighted by molar-refractivity contribution is 0.470. The second-order valence-corrected chi connectivity index (χ2v) is 6.06. The topological polar surface area (TPSA) is 32.6 Å². The number of nitrogens with zero attached hydrogens (tertiary/aromatic N) is 1. The molecule has 0 radical (unpaired) electrons. The first-order chi connectivity index (χ1) is 8.99. The quantitative estimate of drug-likeness (QED) is 0.489. The van der Waals surface area contributed by atoms with Gasteiger partial charge < -0.3 is 5.11 Å². The summed E-state index contributed by atoms with van der Waals surface area (Å²) in [5.41, 5.74) is 0.0507. The summed E-state index contributed by atoms with van der Waals surface area (Å²) in [6.45, 7) is 0. The molecule has 0 atom stereocenters. The van der Waals surface area contributed by atoms with Crippen molar-refractivity contribution in [2.24, 2.45) is 4.99 Å². The zero-order chi connectivity index (χ0) is 14.0. The maximum atomic E-state index is 13.4. The highest BCUT2D eigenvalue weighted by Crippen LogP contribution is 2.27. The van der Waals surface area contributed by atoms with Crippen molar-refractivity contribution in [3.8, 4) is 5.75 Å². The molecule has 0 amide bonds. The van der Waals surface area contributed by atoms with E-state index >= 15 is 0 Å². The molecule has 0 aliphatic carbocycles. The molecular formula is C13H7F2I2NO. The van der Waals surface area contributed by atoms with E-state index in [1.54, 1.807) is 12.1 Å². The van der Waals surface area contributed by atoms with Gasteiger partial charge >= 0.3 is 0 Å². The summed E-state index contributed by atoms with van der Waals surface area (Å²) in [6.07, 6.45) is 1.25. The van der Waals surface area contributed by atoms with E-state index in [0.717, 1.165) is 15.7 Å². The summed E-state index contributed by atoms with van der Waals surface area (Å²) in [5.74, 6) is -1.44. The van der Waals surface area contributed by atoms with Gasteiger partial charge in [-0.3, -0.25) is 0 Å². The number of hydrogen-bond donors (Lipinski definition) is 1. The highest BCUT2D eigenvalue weighted by Gasteiger charge is 2.08. The van der Waals surface area contributed by atoms with Crippen molar-refractivity contribution in [1.82, 2.24) is 0 Å². The smallest absolute Gasteiger partial charge is 0.151 e. The fraction of sp³-hybridized carbons (Fsp3) is 0. The number of aliphatic imine (C=N–C) groups is 1. The van der Waals surface area contributed by atoms with Crippen molar-refractivity contribution < 1.29 is 13.9 Å². The molecule has 2 aromatic carbocycles. The van der Waals surface area contributed by atoms with E-state index in [1.165, 1.54) is 12.3 Å². The Morgan fingerprint density at radius 3 is 2.37 bits per heavy atom. The molecule has 0 saturated carbocycles. The van der Waals surface area contributed by atoms with E-state index in [9.17, 15) is 13.9 Å². The number of para-hydroxylation sites is 1. The zero-order valence-corrected chi connectivity index (χ0v) is 13.7. The lowest BCUT2D eigenvalue weighted by Crippen LogP contribution is -1.89. The Balaban J connectivity index is 2.44. The third kappa shape index (κ3) is 3.41. The average Bonchev–Trinajstić information content (AvgIpc) is 2.34. The molecule has 0 unspecified atom stereocenters.